The minimum absolute atomic E-state index is 0.350. The quantitative estimate of drug-likeness (QED) is 0.253. The van der Waals surface area contributed by atoms with Gasteiger partial charge in [-0.3, -0.25) is 0 Å². The van der Waals surface area contributed by atoms with Gasteiger partial charge in [-0.1, -0.05) is 18.2 Å². The highest BCUT2D eigenvalue weighted by molar-refractivity contribution is 7.21. The maximum atomic E-state index is 10.8. The first-order valence-corrected chi connectivity index (χ1v) is 12.5. The summed E-state index contributed by atoms with van der Waals surface area (Å²) in [5, 5.41) is 39.1. The molecule has 2 aromatic heterocycles. The summed E-state index contributed by atoms with van der Waals surface area (Å²) in [4.78, 5) is 14.0. The maximum absolute atomic E-state index is 10.8. The minimum atomic E-state index is -1.14. The first-order chi connectivity index (χ1) is 17.2. The lowest BCUT2D eigenvalue weighted by Crippen LogP contribution is -2.40. The first-order valence-electron chi connectivity index (χ1n) is 11.7. The average molecular weight is 508 g/mol. The monoisotopic (exact) mass is 507 g/mol. The van der Waals surface area contributed by atoms with Crippen LogP contribution < -0.4 is 15.4 Å². The van der Waals surface area contributed by atoms with Gasteiger partial charge in [0.1, 0.15) is 22.7 Å². The van der Waals surface area contributed by atoms with Crippen LogP contribution in [0.5, 0.6) is 5.75 Å². The van der Waals surface area contributed by atoms with Gasteiger partial charge in [-0.05, 0) is 44.5 Å². The molecule has 9 nitrogen and oxygen atoms in total. The second-order valence-electron chi connectivity index (χ2n) is 9.53. The number of methoxy groups -OCH3 is 1. The fraction of sp³-hybridized carbons (Fsp3) is 0.346. The zero-order valence-corrected chi connectivity index (χ0v) is 21.0. The van der Waals surface area contributed by atoms with E-state index in [1.54, 1.807) is 27.2 Å². The van der Waals surface area contributed by atoms with Gasteiger partial charge in [-0.2, -0.15) is 4.98 Å². The molecule has 0 spiro atoms. The van der Waals surface area contributed by atoms with Crippen LogP contribution in [0.4, 0.5) is 17.5 Å². The molecule has 2 heterocycles. The van der Waals surface area contributed by atoms with Crippen LogP contribution in [0.2, 0.25) is 0 Å². The molecule has 4 aromatic rings. The van der Waals surface area contributed by atoms with Gasteiger partial charge in [0.2, 0.25) is 5.95 Å². The number of aliphatic hydroxyl groups is 3. The van der Waals surface area contributed by atoms with Crippen molar-refractivity contribution in [3.05, 3.63) is 54.7 Å². The molecule has 36 heavy (non-hydrogen) atoms. The molecule has 4 atom stereocenters. The fourth-order valence-electron chi connectivity index (χ4n) is 4.58. The third-order valence-corrected chi connectivity index (χ3v) is 7.62. The number of hydrogen-bond acceptors (Lipinski definition) is 10. The molecule has 10 heteroatoms. The standard InChI is InChI=1S/C26H29N5O4S/c1-26(2,34)17-12-19(22(33)21(17)32)29-23-16(24-30-18-9-4-5-10-20(18)36-24)13-27-25(31-23)28-14-7-6-8-15(11-14)35-3/h4-11,13,17,19,21-22,32-34H,12H2,1-3H3,(H2,27,28,29,31)/t17-,19+,21+,22-/m0/s1. The smallest absolute Gasteiger partial charge is 0.229 e. The lowest BCUT2D eigenvalue weighted by molar-refractivity contribution is -0.0601. The molecule has 0 saturated heterocycles. The number of nitrogens with zero attached hydrogens (tertiary/aromatic N) is 3. The van der Waals surface area contributed by atoms with Crippen molar-refractivity contribution in [2.24, 2.45) is 5.92 Å². The van der Waals surface area contributed by atoms with Crippen LogP contribution in [0.3, 0.4) is 0 Å². The Hall–Kier alpha value is -3.31. The van der Waals surface area contributed by atoms with Crippen LogP contribution in [0.25, 0.3) is 20.8 Å². The summed E-state index contributed by atoms with van der Waals surface area (Å²) in [5.74, 6) is 1.03. The van der Waals surface area contributed by atoms with Crippen LogP contribution in [0.15, 0.2) is 54.7 Å². The largest absolute Gasteiger partial charge is 0.497 e. The van der Waals surface area contributed by atoms with Gasteiger partial charge in [0.15, 0.2) is 0 Å². The number of fused-ring (bicyclic) bond motifs is 1. The predicted octanol–water partition coefficient (Wildman–Crippen LogP) is 3.80. The predicted molar refractivity (Wildman–Crippen MR) is 141 cm³/mol. The molecule has 188 valence electrons. The van der Waals surface area contributed by atoms with Crippen molar-refractivity contribution in [3.63, 3.8) is 0 Å². The zero-order valence-electron chi connectivity index (χ0n) is 20.2. The van der Waals surface area contributed by atoms with E-state index in [4.69, 9.17) is 14.7 Å². The summed E-state index contributed by atoms with van der Waals surface area (Å²) in [6.07, 6.45) is -0.0758. The number of benzene rings is 2. The van der Waals surface area contributed by atoms with Gasteiger partial charge < -0.3 is 30.7 Å². The number of ether oxygens (including phenoxy) is 1. The highest BCUT2D eigenvalue weighted by Gasteiger charge is 2.47. The highest BCUT2D eigenvalue weighted by Crippen LogP contribution is 2.39. The second kappa shape index (κ2) is 9.62. The third kappa shape index (κ3) is 4.85. The maximum Gasteiger partial charge on any atom is 0.229 e. The van der Waals surface area contributed by atoms with Crippen LogP contribution >= 0.6 is 11.3 Å². The van der Waals surface area contributed by atoms with E-state index in [2.05, 4.69) is 15.6 Å². The molecule has 1 aliphatic rings. The van der Waals surface area contributed by atoms with Gasteiger partial charge in [0.05, 0.1) is 40.6 Å². The van der Waals surface area contributed by atoms with Crippen LogP contribution in [0, 0.1) is 5.92 Å². The SMILES string of the molecule is COc1cccc(Nc2ncc(-c3nc4ccccc4s3)c(N[C@@H]3C[C@H](C(C)(C)O)[C@@H](O)[C@H]3O)n2)c1. The van der Waals surface area contributed by atoms with E-state index in [1.165, 1.54) is 11.3 Å². The number of para-hydroxylation sites is 1. The molecule has 5 rings (SSSR count). The Bertz CT molecular complexity index is 1340. The zero-order chi connectivity index (χ0) is 25.4. The number of anilines is 3. The molecule has 0 aliphatic heterocycles. The summed E-state index contributed by atoms with van der Waals surface area (Å²) >= 11 is 1.52. The van der Waals surface area contributed by atoms with Crippen molar-refractivity contribution in [2.75, 3.05) is 17.7 Å². The summed E-state index contributed by atoms with van der Waals surface area (Å²) in [7, 11) is 1.60. The minimum Gasteiger partial charge on any atom is -0.497 e. The molecule has 0 bridgehead atoms. The van der Waals surface area contributed by atoms with E-state index in [1.807, 2.05) is 48.5 Å². The lowest BCUT2D eigenvalue weighted by Gasteiger charge is -2.28. The normalized spacial score (nSPS) is 22.1. The molecule has 2 aromatic carbocycles. The Morgan fingerprint density at radius 2 is 1.86 bits per heavy atom. The molecule has 1 aliphatic carbocycles. The van der Waals surface area contributed by atoms with E-state index in [0.717, 1.165) is 20.9 Å². The molecule has 0 radical (unpaired) electrons. The molecular weight excluding hydrogens is 478 g/mol. The van der Waals surface area contributed by atoms with Crippen molar-refractivity contribution in [2.45, 2.75) is 44.1 Å². The Labute approximate surface area is 212 Å². The molecule has 1 fully saturated rings. The number of aromatic nitrogens is 3. The molecule has 0 unspecified atom stereocenters. The van der Waals surface area contributed by atoms with Crippen LogP contribution in [-0.4, -0.2) is 61.2 Å². The number of aliphatic hydroxyl groups excluding tert-OH is 2. The second-order valence-corrected chi connectivity index (χ2v) is 10.6. The van der Waals surface area contributed by atoms with Crippen molar-refractivity contribution in [3.8, 4) is 16.3 Å². The third-order valence-electron chi connectivity index (χ3n) is 6.55. The Morgan fingerprint density at radius 3 is 2.58 bits per heavy atom. The van der Waals surface area contributed by atoms with Gasteiger partial charge in [-0.15, -0.1) is 11.3 Å². The number of nitrogens with one attached hydrogen (secondary N) is 2. The Morgan fingerprint density at radius 1 is 1.06 bits per heavy atom. The molecule has 0 amide bonds. The van der Waals surface area contributed by atoms with Crippen molar-refractivity contribution in [1.82, 2.24) is 15.0 Å². The Kier molecular flexibility index (Phi) is 6.52. The highest BCUT2D eigenvalue weighted by atomic mass is 32.1. The first kappa shape index (κ1) is 24.4. The van der Waals surface area contributed by atoms with Gasteiger partial charge in [0, 0.05) is 23.9 Å². The van der Waals surface area contributed by atoms with E-state index in [0.29, 0.717) is 29.5 Å². The Balaban J connectivity index is 1.51. The number of rotatable bonds is 7. The summed E-state index contributed by atoms with van der Waals surface area (Å²) in [5.41, 5.74) is 1.17. The topological polar surface area (TPSA) is 133 Å². The average Bonchev–Trinajstić information content (AvgIpc) is 3.41. The molecular formula is C26H29N5O4S. The fourth-order valence-corrected chi connectivity index (χ4v) is 5.56. The number of hydrogen-bond donors (Lipinski definition) is 5. The van der Waals surface area contributed by atoms with E-state index >= 15 is 0 Å². The summed E-state index contributed by atoms with van der Waals surface area (Å²) in [6.45, 7) is 3.28. The van der Waals surface area contributed by atoms with Gasteiger partial charge >= 0.3 is 0 Å². The van der Waals surface area contributed by atoms with Crippen molar-refractivity contribution in [1.29, 1.82) is 0 Å². The van der Waals surface area contributed by atoms with E-state index < -0.39 is 29.8 Å². The van der Waals surface area contributed by atoms with Crippen molar-refractivity contribution >= 4 is 39.0 Å². The molecule has 1 saturated carbocycles. The number of thiazole rings is 1. The van der Waals surface area contributed by atoms with E-state index in [9.17, 15) is 15.3 Å². The molecule has 5 N–H and O–H groups in total. The van der Waals surface area contributed by atoms with Crippen molar-refractivity contribution < 1.29 is 20.1 Å². The summed E-state index contributed by atoms with van der Waals surface area (Å²) in [6, 6.07) is 14.8. The summed E-state index contributed by atoms with van der Waals surface area (Å²) < 4.78 is 6.34. The van der Waals surface area contributed by atoms with Gasteiger partial charge in [0.25, 0.3) is 0 Å². The lowest BCUT2D eigenvalue weighted by atomic mass is 9.88. The van der Waals surface area contributed by atoms with Gasteiger partial charge in [-0.25, -0.2) is 9.97 Å². The van der Waals surface area contributed by atoms with Crippen LogP contribution in [0.1, 0.15) is 20.3 Å². The van der Waals surface area contributed by atoms with E-state index in [-0.39, 0.29) is 0 Å². The van der Waals surface area contributed by atoms with Crippen LogP contribution in [-0.2, 0) is 0 Å².